The number of nitrogens with one attached hydrogen (secondary N) is 2. The van der Waals surface area contributed by atoms with E-state index in [1.54, 1.807) is 6.20 Å². The number of pyridine rings is 1. The number of rotatable bonds is 6. The second kappa shape index (κ2) is 6.70. The van der Waals surface area contributed by atoms with Gasteiger partial charge in [0.05, 0.1) is 11.7 Å². The second-order valence-electron chi connectivity index (χ2n) is 4.54. The molecule has 0 amide bonds. The normalized spacial score (nSPS) is 11.9. The molecule has 0 aromatic carbocycles. The van der Waals surface area contributed by atoms with Gasteiger partial charge in [0.15, 0.2) is 0 Å². The molecule has 2 heterocycles. The van der Waals surface area contributed by atoms with Gasteiger partial charge < -0.3 is 16.4 Å². The molecule has 0 saturated carbocycles. The molecule has 6 heteroatoms. The predicted molar refractivity (Wildman–Crippen MR) is 81.5 cm³/mol. The van der Waals surface area contributed by atoms with Crippen LogP contribution in [0.3, 0.4) is 0 Å². The molecule has 1 unspecified atom stereocenters. The Morgan fingerprint density at radius 1 is 1.25 bits per heavy atom. The maximum absolute atomic E-state index is 5.73. The highest BCUT2D eigenvalue weighted by Gasteiger charge is 2.08. The first-order valence-electron chi connectivity index (χ1n) is 6.75. The molecule has 2 rings (SSSR count). The third kappa shape index (κ3) is 3.81. The zero-order valence-corrected chi connectivity index (χ0v) is 11.8. The standard InChI is InChI=1S/C14H20N6/c1-3-7-17-12-9-13(20-14(15)19-12)18-10(2)11-6-4-5-8-16-11/h4-6,8-10H,3,7H2,1-2H3,(H4,15,17,18,19,20). The Kier molecular flexibility index (Phi) is 4.70. The van der Waals surface area contributed by atoms with Crippen LogP contribution in [-0.4, -0.2) is 21.5 Å². The first kappa shape index (κ1) is 14.0. The Labute approximate surface area is 118 Å². The minimum Gasteiger partial charge on any atom is -0.370 e. The number of nitrogens with two attached hydrogens (primary N) is 1. The zero-order chi connectivity index (χ0) is 14.4. The average molecular weight is 272 g/mol. The van der Waals surface area contributed by atoms with E-state index in [2.05, 4.69) is 32.5 Å². The van der Waals surface area contributed by atoms with Gasteiger partial charge >= 0.3 is 0 Å². The van der Waals surface area contributed by atoms with Gasteiger partial charge in [-0.3, -0.25) is 4.98 Å². The van der Waals surface area contributed by atoms with Crippen molar-refractivity contribution in [2.75, 3.05) is 22.9 Å². The van der Waals surface area contributed by atoms with Gasteiger partial charge in [-0.05, 0) is 25.5 Å². The Morgan fingerprint density at radius 2 is 2.05 bits per heavy atom. The summed E-state index contributed by atoms with van der Waals surface area (Å²) in [5.41, 5.74) is 6.68. The largest absolute Gasteiger partial charge is 0.370 e. The summed E-state index contributed by atoms with van der Waals surface area (Å²) in [5, 5.41) is 6.48. The summed E-state index contributed by atoms with van der Waals surface area (Å²) in [6.07, 6.45) is 2.80. The van der Waals surface area contributed by atoms with Crippen LogP contribution in [0.15, 0.2) is 30.5 Å². The first-order chi connectivity index (χ1) is 9.69. The second-order valence-corrected chi connectivity index (χ2v) is 4.54. The highest BCUT2D eigenvalue weighted by Crippen LogP contribution is 2.18. The lowest BCUT2D eigenvalue weighted by Gasteiger charge is -2.15. The molecule has 2 aromatic rings. The van der Waals surface area contributed by atoms with Gasteiger partial charge in [-0.2, -0.15) is 9.97 Å². The van der Waals surface area contributed by atoms with E-state index in [1.165, 1.54) is 0 Å². The molecule has 1 atom stereocenters. The van der Waals surface area contributed by atoms with Crippen LogP contribution >= 0.6 is 0 Å². The molecule has 20 heavy (non-hydrogen) atoms. The van der Waals surface area contributed by atoms with E-state index in [-0.39, 0.29) is 12.0 Å². The number of nitrogen functional groups attached to an aromatic ring is 1. The third-order valence-electron chi connectivity index (χ3n) is 2.80. The van der Waals surface area contributed by atoms with E-state index >= 15 is 0 Å². The van der Waals surface area contributed by atoms with Crippen molar-refractivity contribution in [2.24, 2.45) is 0 Å². The fraction of sp³-hybridized carbons (Fsp3) is 0.357. The monoisotopic (exact) mass is 272 g/mol. The van der Waals surface area contributed by atoms with E-state index in [0.29, 0.717) is 5.82 Å². The van der Waals surface area contributed by atoms with Gasteiger partial charge in [-0.15, -0.1) is 0 Å². The highest BCUT2D eigenvalue weighted by molar-refractivity contribution is 5.51. The fourth-order valence-corrected chi connectivity index (χ4v) is 1.81. The van der Waals surface area contributed by atoms with Crippen molar-refractivity contribution in [1.29, 1.82) is 0 Å². The maximum atomic E-state index is 5.73. The summed E-state index contributed by atoms with van der Waals surface area (Å²) in [5.74, 6) is 1.67. The van der Waals surface area contributed by atoms with E-state index in [4.69, 9.17) is 5.73 Å². The summed E-state index contributed by atoms with van der Waals surface area (Å²) in [6, 6.07) is 7.73. The van der Waals surface area contributed by atoms with E-state index in [0.717, 1.165) is 24.5 Å². The summed E-state index contributed by atoms with van der Waals surface area (Å²) in [4.78, 5) is 12.7. The molecule has 0 saturated heterocycles. The van der Waals surface area contributed by atoms with Crippen molar-refractivity contribution in [2.45, 2.75) is 26.3 Å². The molecule has 2 aromatic heterocycles. The lowest BCUT2D eigenvalue weighted by molar-refractivity contribution is 0.831. The number of hydrogen-bond acceptors (Lipinski definition) is 6. The zero-order valence-electron chi connectivity index (χ0n) is 11.8. The van der Waals surface area contributed by atoms with Crippen LogP contribution in [0.25, 0.3) is 0 Å². The lowest BCUT2D eigenvalue weighted by Crippen LogP contribution is -2.12. The molecule has 0 aliphatic heterocycles. The molecular weight excluding hydrogens is 252 g/mol. The van der Waals surface area contributed by atoms with Crippen LogP contribution in [0.5, 0.6) is 0 Å². The van der Waals surface area contributed by atoms with Crippen LogP contribution in [-0.2, 0) is 0 Å². The Bertz CT molecular complexity index is 543. The van der Waals surface area contributed by atoms with Crippen molar-refractivity contribution >= 4 is 17.6 Å². The van der Waals surface area contributed by atoms with E-state index < -0.39 is 0 Å². The number of aromatic nitrogens is 3. The first-order valence-corrected chi connectivity index (χ1v) is 6.75. The number of nitrogens with zero attached hydrogens (tertiary/aromatic N) is 3. The average Bonchev–Trinajstić information content (AvgIpc) is 2.45. The van der Waals surface area contributed by atoms with Gasteiger partial charge in [0.25, 0.3) is 0 Å². The molecule has 0 aliphatic rings. The maximum Gasteiger partial charge on any atom is 0.223 e. The predicted octanol–water partition coefficient (Wildman–Crippen LogP) is 2.45. The van der Waals surface area contributed by atoms with Crippen LogP contribution in [0.2, 0.25) is 0 Å². The molecule has 0 bridgehead atoms. The van der Waals surface area contributed by atoms with Crippen LogP contribution in [0, 0.1) is 0 Å². The summed E-state index contributed by atoms with van der Waals surface area (Å²) in [6.45, 7) is 4.98. The topological polar surface area (TPSA) is 88.8 Å². The lowest BCUT2D eigenvalue weighted by atomic mass is 10.2. The summed E-state index contributed by atoms with van der Waals surface area (Å²) in [7, 11) is 0. The molecule has 0 fully saturated rings. The Morgan fingerprint density at radius 3 is 2.75 bits per heavy atom. The molecule has 106 valence electrons. The molecule has 0 aliphatic carbocycles. The van der Waals surface area contributed by atoms with Gasteiger partial charge in [0.1, 0.15) is 11.6 Å². The SMILES string of the molecule is CCCNc1cc(NC(C)c2ccccn2)nc(N)n1. The van der Waals surface area contributed by atoms with E-state index in [1.807, 2.05) is 31.2 Å². The van der Waals surface area contributed by atoms with Gasteiger partial charge in [0, 0.05) is 18.8 Å². The quantitative estimate of drug-likeness (QED) is 0.748. The van der Waals surface area contributed by atoms with Crippen LogP contribution < -0.4 is 16.4 Å². The smallest absolute Gasteiger partial charge is 0.223 e. The third-order valence-corrected chi connectivity index (χ3v) is 2.80. The molecule has 4 N–H and O–H groups in total. The molecular formula is C14H20N6. The number of hydrogen-bond donors (Lipinski definition) is 3. The van der Waals surface area contributed by atoms with Crippen molar-refractivity contribution < 1.29 is 0 Å². The van der Waals surface area contributed by atoms with Gasteiger partial charge in [-0.25, -0.2) is 0 Å². The van der Waals surface area contributed by atoms with Crippen molar-refractivity contribution in [3.8, 4) is 0 Å². The minimum atomic E-state index is 0.0459. The van der Waals surface area contributed by atoms with Crippen LogP contribution in [0.1, 0.15) is 32.0 Å². The van der Waals surface area contributed by atoms with Gasteiger partial charge in [0.2, 0.25) is 5.95 Å². The van der Waals surface area contributed by atoms with Crippen molar-refractivity contribution in [3.05, 3.63) is 36.2 Å². The molecule has 0 radical (unpaired) electrons. The fourth-order valence-electron chi connectivity index (χ4n) is 1.81. The minimum absolute atomic E-state index is 0.0459. The highest BCUT2D eigenvalue weighted by atomic mass is 15.1. The summed E-state index contributed by atoms with van der Waals surface area (Å²) >= 11 is 0. The van der Waals surface area contributed by atoms with E-state index in [9.17, 15) is 0 Å². The summed E-state index contributed by atoms with van der Waals surface area (Å²) < 4.78 is 0. The Balaban J connectivity index is 2.10. The van der Waals surface area contributed by atoms with Crippen molar-refractivity contribution in [3.63, 3.8) is 0 Å². The Hall–Kier alpha value is -2.37. The number of anilines is 3. The van der Waals surface area contributed by atoms with Gasteiger partial charge in [-0.1, -0.05) is 13.0 Å². The molecule has 6 nitrogen and oxygen atoms in total. The van der Waals surface area contributed by atoms with Crippen molar-refractivity contribution in [1.82, 2.24) is 15.0 Å². The molecule has 0 spiro atoms. The van der Waals surface area contributed by atoms with Crippen LogP contribution in [0.4, 0.5) is 17.6 Å².